The molecule has 3 rings (SSSR count). The van der Waals surface area contributed by atoms with E-state index in [-0.39, 0.29) is 6.09 Å². The fraction of sp³-hybridized carbons (Fsp3) is 0.375. The largest absolute Gasteiger partial charge is 0.443 e. The number of amides is 1. The molecule has 1 amide bonds. The maximum absolute atomic E-state index is 12.3. The molecule has 0 spiro atoms. The maximum Gasteiger partial charge on any atom is 0.416 e. The van der Waals surface area contributed by atoms with Crippen molar-refractivity contribution in [2.75, 3.05) is 11.4 Å². The van der Waals surface area contributed by atoms with Crippen molar-refractivity contribution in [2.24, 2.45) is 0 Å². The summed E-state index contributed by atoms with van der Waals surface area (Å²) in [5.41, 5.74) is 1.10. The third kappa shape index (κ3) is 2.81. The quantitative estimate of drug-likeness (QED) is 0.799. The summed E-state index contributed by atoms with van der Waals surface area (Å²) in [5.74, 6) is 0.740. The van der Waals surface area contributed by atoms with Gasteiger partial charge in [-0.1, -0.05) is 29.8 Å². The molecule has 1 aliphatic rings. The number of nitrogens with zero attached hydrogens (tertiary/aromatic N) is 3. The van der Waals surface area contributed by atoms with Crippen molar-refractivity contribution < 1.29 is 9.53 Å². The van der Waals surface area contributed by atoms with Gasteiger partial charge in [-0.25, -0.2) is 9.48 Å². The summed E-state index contributed by atoms with van der Waals surface area (Å²) < 4.78 is 7.25. The molecule has 2 heterocycles. The Labute approximate surface area is 134 Å². The summed E-state index contributed by atoms with van der Waals surface area (Å²) in [6.45, 7) is 6.79. The van der Waals surface area contributed by atoms with E-state index in [4.69, 9.17) is 16.3 Å². The summed E-state index contributed by atoms with van der Waals surface area (Å²) in [6.07, 6.45) is -0.350. The van der Waals surface area contributed by atoms with Gasteiger partial charge in [0.05, 0.1) is 23.8 Å². The predicted molar refractivity (Wildman–Crippen MR) is 86.3 cm³/mol. The van der Waals surface area contributed by atoms with Crippen molar-refractivity contribution in [3.63, 3.8) is 0 Å². The first-order valence-corrected chi connectivity index (χ1v) is 7.56. The molecule has 0 saturated carbocycles. The average molecular weight is 320 g/mol. The second-order valence-corrected chi connectivity index (χ2v) is 6.63. The van der Waals surface area contributed by atoms with Crippen LogP contribution >= 0.6 is 11.6 Å². The van der Waals surface area contributed by atoms with E-state index in [1.54, 1.807) is 4.90 Å². The van der Waals surface area contributed by atoms with Gasteiger partial charge >= 0.3 is 6.09 Å². The van der Waals surface area contributed by atoms with Gasteiger partial charge in [-0.3, -0.25) is 4.90 Å². The normalized spacial score (nSPS) is 14.1. The van der Waals surface area contributed by atoms with Crippen LogP contribution in [0.25, 0.3) is 11.3 Å². The first-order chi connectivity index (χ1) is 10.3. The molecule has 0 aliphatic carbocycles. The monoisotopic (exact) mass is 319 g/mol. The molecule has 1 aromatic carbocycles. The van der Waals surface area contributed by atoms with Gasteiger partial charge < -0.3 is 4.74 Å². The zero-order chi connectivity index (χ0) is 15.9. The molecule has 0 atom stereocenters. The zero-order valence-electron chi connectivity index (χ0n) is 12.8. The number of halogens is 1. The van der Waals surface area contributed by atoms with Gasteiger partial charge in [-0.2, -0.15) is 5.10 Å². The zero-order valence-corrected chi connectivity index (χ0v) is 13.6. The lowest BCUT2D eigenvalue weighted by atomic mass is 10.1. The standard InChI is InChI=1S/C16H18ClN3O2/c1-16(2,3)22-15(21)19-8-9-20-14(19)10-13(18-20)11-6-4-5-7-12(11)17/h4-7,10H,8-9H2,1-3H3. The second-order valence-electron chi connectivity index (χ2n) is 6.22. The van der Waals surface area contributed by atoms with Gasteiger partial charge in [0.2, 0.25) is 0 Å². The van der Waals surface area contributed by atoms with Crippen LogP contribution in [-0.2, 0) is 11.3 Å². The van der Waals surface area contributed by atoms with E-state index in [9.17, 15) is 4.79 Å². The third-order valence-electron chi connectivity index (χ3n) is 3.33. The van der Waals surface area contributed by atoms with Gasteiger partial charge in [-0.15, -0.1) is 0 Å². The van der Waals surface area contributed by atoms with Crippen molar-refractivity contribution in [3.8, 4) is 11.3 Å². The maximum atomic E-state index is 12.3. The molecule has 0 fully saturated rings. The third-order valence-corrected chi connectivity index (χ3v) is 3.66. The summed E-state index contributed by atoms with van der Waals surface area (Å²) >= 11 is 6.21. The van der Waals surface area contributed by atoms with Crippen molar-refractivity contribution in [1.29, 1.82) is 0 Å². The Bertz CT molecular complexity index is 718. The Morgan fingerprint density at radius 3 is 2.68 bits per heavy atom. The first-order valence-electron chi connectivity index (χ1n) is 7.18. The van der Waals surface area contributed by atoms with Crippen molar-refractivity contribution in [3.05, 3.63) is 35.4 Å². The lowest BCUT2D eigenvalue weighted by molar-refractivity contribution is 0.0584. The summed E-state index contributed by atoms with van der Waals surface area (Å²) in [4.78, 5) is 13.9. The first kappa shape index (κ1) is 14.9. The fourth-order valence-corrected chi connectivity index (χ4v) is 2.63. The Morgan fingerprint density at radius 2 is 2.00 bits per heavy atom. The minimum absolute atomic E-state index is 0.350. The number of hydrogen-bond donors (Lipinski definition) is 0. The van der Waals surface area contributed by atoms with E-state index < -0.39 is 5.60 Å². The molecular formula is C16H18ClN3O2. The molecule has 6 heteroatoms. The molecule has 22 heavy (non-hydrogen) atoms. The Balaban J connectivity index is 1.90. The second kappa shape index (κ2) is 5.32. The Hall–Kier alpha value is -2.01. The number of carbonyl (C=O) groups is 1. The SMILES string of the molecule is CC(C)(C)OC(=O)N1CCn2nc(-c3ccccc3Cl)cc21. The Morgan fingerprint density at radius 1 is 1.27 bits per heavy atom. The average Bonchev–Trinajstić information content (AvgIpc) is 2.96. The van der Waals surface area contributed by atoms with Crippen LogP contribution in [0.15, 0.2) is 30.3 Å². The smallest absolute Gasteiger partial charge is 0.416 e. The molecule has 116 valence electrons. The minimum Gasteiger partial charge on any atom is -0.443 e. The lowest BCUT2D eigenvalue weighted by Crippen LogP contribution is -2.35. The molecule has 2 aromatic rings. The van der Waals surface area contributed by atoms with Crippen LogP contribution in [0.3, 0.4) is 0 Å². The number of anilines is 1. The van der Waals surface area contributed by atoms with Gasteiger partial charge in [0.25, 0.3) is 0 Å². The lowest BCUT2D eigenvalue weighted by Gasteiger charge is -2.23. The summed E-state index contributed by atoms with van der Waals surface area (Å²) in [6, 6.07) is 9.41. The number of benzene rings is 1. The molecular weight excluding hydrogens is 302 g/mol. The molecule has 0 saturated heterocycles. The predicted octanol–water partition coefficient (Wildman–Crippen LogP) is 3.96. The highest BCUT2D eigenvalue weighted by Crippen LogP contribution is 2.32. The molecule has 0 N–H and O–H groups in total. The number of fused-ring (bicyclic) bond motifs is 1. The molecule has 0 radical (unpaired) electrons. The minimum atomic E-state index is -0.518. The number of rotatable bonds is 1. The highest BCUT2D eigenvalue weighted by atomic mass is 35.5. The van der Waals surface area contributed by atoms with Gasteiger partial charge in [0.15, 0.2) is 0 Å². The van der Waals surface area contributed by atoms with Gasteiger partial charge in [0, 0.05) is 11.6 Å². The fourth-order valence-electron chi connectivity index (χ4n) is 2.40. The van der Waals surface area contributed by atoms with Crippen LogP contribution in [0.1, 0.15) is 20.8 Å². The van der Waals surface area contributed by atoms with Crippen LogP contribution in [0.2, 0.25) is 5.02 Å². The molecule has 5 nitrogen and oxygen atoms in total. The van der Waals surface area contributed by atoms with Crippen molar-refractivity contribution in [1.82, 2.24) is 9.78 Å². The van der Waals surface area contributed by atoms with Crippen LogP contribution in [0, 0.1) is 0 Å². The van der Waals surface area contributed by atoms with Crippen molar-refractivity contribution in [2.45, 2.75) is 32.9 Å². The molecule has 0 bridgehead atoms. The summed E-state index contributed by atoms with van der Waals surface area (Å²) in [7, 11) is 0. The molecule has 1 aliphatic heterocycles. The van der Waals surface area contributed by atoms with Gasteiger partial charge in [-0.05, 0) is 26.8 Å². The van der Waals surface area contributed by atoms with E-state index in [2.05, 4.69) is 5.10 Å². The molecule has 1 aromatic heterocycles. The van der Waals surface area contributed by atoms with Crippen LogP contribution in [0.4, 0.5) is 10.6 Å². The van der Waals surface area contributed by atoms with E-state index in [1.807, 2.05) is 55.8 Å². The summed E-state index contributed by atoms with van der Waals surface area (Å²) in [5, 5.41) is 5.18. The highest BCUT2D eigenvalue weighted by Gasteiger charge is 2.30. The van der Waals surface area contributed by atoms with Gasteiger partial charge in [0.1, 0.15) is 11.4 Å². The van der Waals surface area contributed by atoms with Crippen LogP contribution < -0.4 is 4.90 Å². The number of hydrogen-bond acceptors (Lipinski definition) is 3. The number of aromatic nitrogens is 2. The van der Waals surface area contributed by atoms with E-state index in [1.165, 1.54) is 0 Å². The van der Waals surface area contributed by atoms with E-state index in [0.717, 1.165) is 17.1 Å². The van der Waals surface area contributed by atoms with E-state index >= 15 is 0 Å². The van der Waals surface area contributed by atoms with E-state index in [0.29, 0.717) is 18.1 Å². The highest BCUT2D eigenvalue weighted by molar-refractivity contribution is 6.33. The van der Waals surface area contributed by atoms with Crippen LogP contribution in [-0.4, -0.2) is 28.0 Å². The van der Waals surface area contributed by atoms with Crippen LogP contribution in [0.5, 0.6) is 0 Å². The topological polar surface area (TPSA) is 47.4 Å². The Kier molecular flexibility index (Phi) is 3.60. The van der Waals surface area contributed by atoms with Crippen molar-refractivity contribution >= 4 is 23.5 Å². The number of carbonyl (C=O) groups excluding carboxylic acids is 1. The molecule has 0 unspecified atom stereocenters. The number of ether oxygens (including phenoxy) is 1.